The molecule has 0 unspecified atom stereocenters. The molecule has 0 spiro atoms. The molecule has 0 aliphatic heterocycles. The van der Waals surface area contributed by atoms with E-state index >= 15 is 0 Å². The minimum atomic E-state index is 0. The van der Waals surface area contributed by atoms with E-state index in [4.69, 9.17) is 0 Å². The van der Waals surface area contributed by atoms with E-state index in [0.29, 0.717) is 12.1 Å². The number of hydrogen-bond donors (Lipinski definition) is 0. The molecule has 1 rings (SSSR count). The van der Waals surface area contributed by atoms with E-state index in [-0.39, 0.29) is 18.9 Å². The summed E-state index contributed by atoms with van der Waals surface area (Å²) in [5.41, 5.74) is 0. The van der Waals surface area contributed by atoms with Gasteiger partial charge in [0.15, 0.2) is 0 Å². The molecule has 0 radical (unpaired) electrons. The predicted molar refractivity (Wildman–Crippen MR) is 65.5 cm³/mol. The maximum atomic E-state index is 4.28. The molecule has 1 aromatic carbocycles. The van der Waals surface area contributed by atoms with Crippen LogP contribution in [-0.2, 0) is 0 Å². The van der Waals surface area contributed by atoms with Crippen LogP contribution in [0.15, 0.2) is 30.3 Å². The first-order valence-electron chi connectivity index (χ1n) is 5.24. The van der Waals surface area contributed by atoms with Crippen molar-refractivity contribution in [2.45, 2.75) is 39.8 Å². The average Bonchev–Trinajstić information content (AvgIpc) is 2.03. The predicted octanol–water partition coefficient (Wildman–Crippen LogP) is -0.339. The molecule has 0 atom stereocenters. The summed E-state index contributed by atoms with van der Waals surface area (Å²) in [4.78, 5) is 0. The maximum absolute atomic E-state index is 4.28. The van der Waals surface area contributed by atoms with E-state index in [1.807, 2.05) is 18.2 Å². The van der Waals surface area contributed by atoms with E-state index in [1.54, 1.807) is 0 Å². The Morgan fingerprint density at radius 1 is 0.933 bits per heavy atom. The number of rotatable bonds is 2. The van der Waals surface area contributed by atoms with Crippen molar-refractivity contribution >= 4 is 22.0 Å². The molecule has 1 nitrogen and oxygen atoms in total. The standard InChI is InChI=1S/C6H14N.C6H5.2Li/c1-5(2)7-6(3)4;1-2-4-6-5-3-1;;/h5-6H,1-4H3;1-5H;;/q-1;;;+1. The Kier molecular flexibility index (Phi) is 12.9. The second kappa shape index (κ2) is 10.9. The van der Waals surface area contributed by atoms with Gasteiger partial charge in [-0.25, -0.2) is 0 Å². The summed E-state index contributed by atoms with van der Waals surface area (Å²) in [5.74, 6) is 0. The SMILES string of the molecule is CC(C)[N-]C(C)C.[Li+].[Li][c]1ccccc1. The Balaban J connectivity index is 0. The fraction of sp³-hybridized carbons (Fsp3) is 0.500. The van der Waals surface area contributed by atoms with E-state index in [9.17, 15) is 0 Å². The van der Waals surface area contributed by atoms with Gasteiger partial charge in [-0.05, 0) is 0 Å². The molecule has 0 fully saturated rings. The van der Waals surface area contributed by atoms with Gasteiger partial charge >= 0.3 is 71.1 Å². The van der Waals surface area contributed by atoms with Crippen LogP contribution in [0.1, 0.15) is 27.7 Å². The Morgan fingerprint density at radius 2 is 1.33 bits per heavy atom. The van der Waals surface area contributed by atoms with Crippen LogP contribution in [0.5, 0.6) is 0 Å². The molecular weight excluding hydrogens is 172 g/mol. The number of hydrogen-bond acceptors (Lipinski definition) is 0. The summed E-state index contributed by atoms with van der Waals surface area (Å²) in [5, 5.41) is 4.28. The topological polar surface area (TPSA) is 14.1 Å². The van der Waals surface area contributed by atoms with Gasteiger partial charge in [0.25, 0.3) is 0 Å². The van der Waals surface area contributed by atoms with Crippen LogP contribution in [0, 0.1) is 0 Å². The molecule has 0 N–H and O–H groups in total. The molecule has 0 saturated carbocycles. The van der Waals surface area contributed by atoms with Gasteiger partial charge in [-0.1, -0.05) is 27.7 Å². The molecule has 0 aliphatic rings. The Hall–Kier alpha value is 0.375. The molecule has 0 amide bonds. The summed E-state index contributed by atoms with van der Waals surface area (Å²) in [6.07, 6.45) is 0. The molecule has 0 aliphatic carbocycles. The Labute approximate surface area is 116 Å². The van der Waals surface area contributed by atoms with Crippen LogP contribution in [0.2, 0.25) is 0 Å². The van der Waals surface area contributed by atoms with Crippen molar-refractivity contribution in [2.75, 3.05) is 0 Å². The van der Waals surface area contributed by atoms with Gasteiger partial charge in [-0.3, -0.25) is 0 Å². The summed E-state index contributed by atoms with van der Waals surface area (Å²) >= 11 is 2.08. The van der Waals surface area contributed by atoms with Crippen molar-refractivity contribution in [2.24, 2.45) is 0 Å². The molecule has 15 heavy (non-hydrogen) atoms. The van der Waals surface area contributed by atoms with Crippen molar-refractivity contribution in [1.82, 2.24) is 0 Å². The molecule has 0 saturated heterocycles. The molecule has 0 heterocycles. The van der Waals surface area contributed by atoms with Crippen molar-refractivity contribution in [3.63, 3.8) is 0 Å². The summed E-state index contributed by atoms with van der Waals surface area (Å²) < 4.78 is 1.32. The first-order chi connectivity index (χ1) is 6.52. The quantitative estimate of drug-likeness (QED) is 0.568. The number of benzene rings is 1. The van der Waals surface area contributed by atoms with Crippen molar-refractivity contribution in [3.05, 3.63) is 35.6 Å². The van der Waals surface area contributed by atoms with Gasteiger partial charge in [-0.2, -0.15) is 0 Å². The first kappa shape index (κ1) is 17.8. The second-order valence-corrected chi connectivity index (χ2v) is 3.99. The van der Waals surface area contributed by atoms with E-state index in [1.165, 1.54) is 4.24 Å². The van der Waals surface area contributed by atoms with E-state index in [0.717, 1.165) is 0 Å². The van der Waals surface area contributed by atoms with Crippen LogP contribution >= 0.6 is 0 Å². The van der Waals surface area contributed by atoms with Crippen LogP contribution in [0.4, 0.5) is 0 Å². The molecule has 0 aromatic heterocycles. The molecule has 0 bridgehead atoms. The van der Waals surface area contributed by atoms with Gasteiger partial charge in [0.1, 0.15) is 0 Å². The fourth-order valence-corrected chi connectivity index (χ4v) is 1.13. The zero-order chi connectivity index (χ0) is 11.0. The van der Waals surface area contributed by atoms with Crippen LogP contribution in [0.25, 0.3) is 5.32 Å². The molecular formula is C12H19Li2N. The summed E-state index contributed by atoms with van der Waals surface area (Å²) in [6, 6.07) is 11.3. The normalized spacial score (nSPS) is 9.33. The zero-order valence-corrected chi connectivity index (χ0v) is 11.0. The average molecular weight is 191 g/mol. The second-order valence-electron chi connectivity index (χ2n) is 3.99. The van der Waals surface area contributed by atoms with Crippen LogP contribution in [0.3, 0.4) is 0 Å². The third-order valence-electron chi connectivity index (χ3n) is 1.54. The molecule has 3 heteroatoms. The third kappa shape index (κ3) is 14.4. The van der Waals surface area contributed by atoms with Gasteiger partial charge in [0.2, 0.25) is 0 Å². The van der Waals surface area contributed by atoms with Gasteiger partial charge < -0.3 is 5.32 Å². The monoisotopic (exact) mass is 191 g/mol. The molecule has 1 aromatic rings. The Morgan fingerprint density at radius 3 is 1.47 bits per heavy atom. The van der Waals surface area contributed by atoms with E-state index < -0.39 is 0 Å². The van der Waals surface area contributed by atoms with Crippen molar-refractivity contribution in [3.8, 4) is 0 Å². The van der Waals surface area contributed by atoms with Crippen LogP contribution in [-0.4, -0.2) is 29.8 Å². The zero-order valence-electron chi connectivity index (χ0n) is 11.0. The minimum absolute atomic E-state index is 0. The van der Waals surface area contributed by atoms with Crippen molar-refractivity contribution < 1.29 is 18.9 Å². The first-order valence-corrected chi connectivity index (χ1v) is 5.24. The van der Waals surface area contributed by atoms with Crippen LogP contribution < -0.4 is 23.1 Å². The van der Waals surface area contributed by atoms with Gasteiger partial charge in [-0.15, -0.1) is 12.1 Å². The number of nitrogens with zero attached hydrogens (tertiary/aromatic N) is 1. The van der Waals surface area contributed by atoms with E-state index in [2.05, 4.69) is 62.9 Å². The third-order valence-corrected chi connectivity index (χ3v) is 1.54. The van der Waals surface area contributed by atoms with Crippen molar-refractivity contribution in [1.29, 1.82) is 0 Å². The summed E-state index contributed by atoms with van der Waals surface area (Å²) in [7, 11) is 0. The summed E-state index contributed by atoms with van der Waals surface area (Å²) in [6.45, 7) is 8.39. The Bertz CT molecular complexity index is 216. The van der Waals surface area contributed by atoms with Gasteiger partial charge in [0, 0.05) is 0 Å². The fourth-order valence-electron chi connectivity index (χ4n) is 1.13. The van der Waals surface area contributed by atoms with Gasteiger partial charge in [0.05, 0.1) is 0 Å². The molecule has 74 valence electrons.